The Bertz CT molecular complexity index is 676. The summed E-state index contributed by atoms with van der Waals surface area (Å²) in [6.45, 7) is 7.62. The number of aromatic nitrogens is 1. The number of rotatable bonds is 4. The van der Waals surface area contributed by atoms with Gasteiger partial charge in [0, 0.05) is 36.6 Å². The van der Waals surface area contributed by atoms with Crippen LogP contribution < -0.4 is 5.32 Å². The molecule has 1 aliphatic heterocycles. The monoisotopic (exact) mass is 375 g/mol. The molecule has 150 valence electrons. The maximum atomic E-state index is 13.2. The van der Waals surface area contributed by atoms with Crippen LogP contribution in [0.4, 0.5) is 4.79 Å². The van der Waals surface area contributed by atoms with Crippen LogP contribution in [0.5, 0.6) is 0 Å². The number of alkyl carbamates (subject to hydrolysis) is 1. The summed E-state index contributed by atoms with van der Waals surface area (Å²) in [6.07, 6.45) is 7.67. The Balaban J connectivity index is 1.70. The Morgan fingerprint density at radius 1 is 1.15 bits per heavy atom. The molecule has 1 saturated heterocycles. The zero-order chi connectivity index (χ0) is 19.4. The molecule has 1 saturated carbocycles. The first-order valence-electron chi connectivity index (χ1n) is 10.4. The van der Waals surface area contributed by atoms with Crippen LogP contribution in [0.25, 0.3) is 0 Å². The Morgan fingerprint density at radius 3 is 2.59 bits per heavy atom. The van der Waals surface area contributed by atoms with Gasteiger partial charge in [0.1, 0.15) is 0 Å². The number of aryl methyl sites for hydroxylation is 1. The maximum absolute atomic E-state index is 13.2. The van der Waals surface area contributed by atoms with Gasteiger partial charge in [-0.2, -0.15) is 0 Å². The van der Waals surface area contributed by atoms with E-state index in [9.17, 15) is 9.59 Å². The normalized spacial score (nSPS) is 21.1. The van der Waals surface area contributed by atoms with E-state index < -0.39 is 6.09 Å². The average Bonchev–Trinajstić information content (AvgIpc) is 2.96. The predicted octanol–water partition coefficient (Wildman–Crippen LogP) is 3.96. The number of piperidine rings is 1. The van der Waals surface area contributed by atoms with Crippen molar-refractivity contribution in [3.63, 3.8) is 0 Å². The van der Waals surface area contributed by atoms with Gasteiger partial charge in [0.2, 0.25) is 0 Å². The first-order valence-corrected chi connectivity index (χ1v) is 10.4. The van der Waals surface area contributed by atoms with Crippen LogP contribution in [0.3, 0.4) is 0 Å². The summed E-state index contributed by atoms with van der Waals surface area (Å²) in [6, 6.07) is 2.54. The molecule has 2 fully saturated rings. The van der Waals surface area contributed by atoms with Crippen LogP contribution in [0.2, 0.25) is 0 Å². The molecule has 3 rings (SSSR count). The molecule has 0 radical (unpaired) electrons. The van der Waals surface area contributed by atoms with Crippen molar-refractivity contribution in [3.05, 3.63) is 23.0 Å². The second kappa shape index (κ2) is 8.81. The minimum absolute atomic E-state index is 0.0383. The van der Waals surface area contributed by atoms with Gasteiger partial charge in [0.15, 0.2) is 0 Å². The van der Waals surface area contributed by atoms with Crippen molar-refractivity contribution >= 4 is 12.0 Å². The van der Waals surface area contributed by atoms with Gasteiger partial charge in [0.25, 0.3) is 5.91 Å². The number of carbonyl (C=O) groups excluding carboxylic acids is 2. The van der Waals surface area contributed by atoms with Crippen molar-refractivity contribution in [2.75, 3.05) is 19.7 Å². The van der Waals surface area contributed by atoms with E-state index in [-0.39, 0.29) is 11.9 Å². The number of nitrogens with zero attached hydrogens (tertiary/aromatic N) is 2. The number of likely N-dealkylation sites (tertiary alicyclic amines) is 1. The van der Waals surface area contributed by atoms with E-state index >= 15 is 0 Å². The molecule has 2 aliphatic rings. The summed E-state index contributed by atoms with van der Waals surface area (Å²) in [4.78, 5) is 26.8. The van der Waals surface area contributed by atoms with Crippen LogP contribution in [0, 0.1) is 13.8 Å². The first kappa shape index (κ1) is 19.8. The number of amides is 2. The summed E-state index contributed by atoms with van der Waals surface area (Å²) >= 11 is 0. The fraction of sp³-hybridized carbons (Fsp3) is 0.714. The van der Waals surface area contributed by atoms with Crippen molar-refractivity contribution in [2.24, 2.45) is 0 Å². The largest absolute Gasteiger partial charge is 0.450 e. The average molecular weight is 376 g/mol. The molecule has 6 nitrogen and oxygen atoms in total. The van der Waals surface area contributed by atoms with E-state index in [4.69, 9.17) is 4.74 Å². The van der Waals surface area contributed by atoms with E-state index in [0.29, 0.717) is 19.2 Å². The highest BCUT2D eigenvalue weighted by Gasteiger charge is 2.29. The third-order valence-corrected chi connectivity index (χ3v) is 5.96. The van der Waals surface area contributed by atoms with Gasteiger partial charge in [-0.05, 0) is 52.5 Å². The second-order valence-electron chi connectivity index (χ2n) is 7.90. The van der Waals surface area contributed by atoms with Gasteiger partial charge in [-0.1, -0.05) is 19.3 Å². The van der Waals surface area contributed by atoms with Crippen molar-refractivity contribution in [2.45, 2.75) is 77.8 Å². The molecule has 0 spiro atoms. The summed E-state index contributed by atoms with van der Waals surface area (Å²) in [7, 11) is 0. The smallest absolute Gasteiger partial charge is 0.407 e. The number of hydrogen-bond donors (Lipinski definition) is 1. The Hall–Kier alpha value is -1.98. The standard InChI is InChI=1S/C21H33N3O3/c1-4-27-21(26)22-17-9-8-12-23(14-17)20(25)19-13-15(2)24(16(19)3)18-10-6-5-7-11-18/h13,17-18H,4-12,14H2,1-3H3,(H,22,26). The van der Waals surface area contributed by atoms with Crippen molar-refractivity contribution in [1.82, 2.24) is 14.8 Å². The maximum Gasteiger partial charge on any atom is 0.407 e. The van der Waals surface area contributed by atoms with Crippen LogP contribution in [-0.4, -0.2) is 47.2 Å². The van der Waals surface area contributed by atoms with Crippen LogP contribution in [-0.2, 0) is 4.74 Å². The summed E-state index contributed by atoms with van der Waals surface area (Å²) < 4.78 is 7.35. The third-order valence-electron chi connectivity index (χ3n) is 5.96. The molecule has 2 amide bonds. The molecule has 2 heterocycles. The molecule has 1 atom stereocenters. The SMILES string of the molecule is CCOC(=O)NC1CCCN(C(=O)c2cc(C)n(C3CCCCC3)c2C)C1. The van der Waals surface area contributed by atoms with E-state index in [1.54, 1.807) is 6.92 Å². The highest BCUT2D eigenvalue weighted by Crippen LogP contribution is 2.32. The molecule has 1 aliphatic carbocycles. The molecular weight excluding hydrogens is 342 g/mol. The number of carbonyl (C=O) groups is 2. The zero-order valence-corrected chi connectivity index (χ0v) is 16.9. The molecule has 0 bridgehead atoms. The van der Waals surface area contributed by atoms with Gasteiger partial charge >= 0.3 is 6.09 Å². The number of hydrogen-bond acceptors (Lipinski definition) is 3. The molecule has 1 aromatic heterocycles. The lowest BCUT2D eigenvalue weighted by Gasteiger charge is -2.33. The highest BCUT2D eigenvalue weighted by molar-refractivity contribution is 5.96. The number of nitrogens with one attached hydrogen (secondary N) is 1. The Morgan fingerprint density at radius 2 is 1.89 bits per heavy atom. The van der Waals surface area contributed by atoms with Gasteiger partial charge < -0.3 is 19.5 Å². The van der Waals surface area contributed by atoms with Crippen molar-refractivity contribution in [3.8, 4) is 0 Å². The van der Waals surface area contributed by atoms with E-state index in [1.807, 2.05) is 4.90 Å². The van der Waals surface area contributed by atoms with Gasteiger partial charge in [-0.3, -0.25) is 4.79 Å². The first-order chi connectivity index (χ1) is 13.0. The van der Waals surface area contributed by atoms with E-state index in [2.05, 4.69) is 29.8 Å². The topological polar surface area (TPSA) is 63.6 Å². The molecule has 1 unspecified atom stereocenters. The molecule has 6 heteroatoms. The fourth-order valence-electron chi connectivity index (χ4n) is 4.68. The van der Waals surface area contributed by atoms with Crippen LogP contribution in [0.1, 0.15) is 79.7 Å². The highest BCUT2D eigenvalue weighted by atomic mass is 16.5. The van der Waals surface area contributed by atoms with Gasteiger partial charge in [-0.25, -0.2) is 4.79 Å². The molecule has 27 heavy (non-hydrogen) atoms. The van der Waals surface area contributed by atoms with E-state index in [1.165, 1.54) is 37.8 Å². The van der Waals surface area contributed by atoms with Crippen molar-refractivity contribution < 1.29 is 14.3 Å². The predicted molar refractivity (Wildman–Crippen MR) is 105 cm³/mol. The molecule has 0 aromatic carbocycles. The lowest BCUT2D eigenvalue weighted by molar-refractivity contribution is 0.0685. The molecule has 1 N–H and O–H groups in total. The third kappa shape index (κ3) is 4.47. The van der Waals surface area contributed by atoms with Gasteiger partial charge in [-0.15, -0.1) is 0 Å². The van der Waals surface area contributed by atoms with Crippen LogP contribution >= 0.6 is 0 Å². The fourth-order valence-corrected chi connectivity index (χ4v) is 4.68. The van der Waals surface area contributed by atoms with E-state index in [0.717, 1.165) is 30.6 Å². The Labute approximate surface area is 162 Å². The summed E-state index contributed by atoms with van der Waals surface area (Å²) in [5.41, 5.74) is 3.08. The minimum atomic E-state index is -0.396. The summed E-state index contributed by atoms with van der Waals surface area (Å²) in [5.74, 6) is 0.0838. The van der Waals surface area contributed by atoms with Crippen LogP contribution in [0.15, 0.2) is 6.07 Å². The quantitative estimate of drug-likeness (QED) is 0.866. The van der Waals surface area contributed by atoms with Gasteiger partial charge in [0.05, 0.1) is 12.2 Å². The second-order valence-corrected chi connectivity index (χ2v) is 7.90. The Kier molecular flexibility index (Phi) is 6.45. The lowest BCUT2D eigenvalue weighted by atomic mass is 9.95. The zero-order valence-electron chi connectivity index (χ0n) is 16.9. The molecule has 1 aromatic rings. The number of ether oxygens (including phenoxy) is 1. The minimum Gasteiger partial charge on any atom is -0.450 e. The molecular formula is C21H33N3O3. The van der Waals surface area contributed by atoms with Crippen molar-refractivity contribution in [1.29, 1.82) is 0 Å². The lowest BCUT2D eigenvalue weighted by Crippen LogP contribution is -2.49. The summed E-state index contributed by atoms with van der Waals surface area (Å²) in [5, 5.41) is 2.88.